The van der Waals surface area contributed by atoms with Crippen molar-refractivity contribution in [2.45, 2.75) is 0 Å². The van der Waals surface area contributed by atoms with E-state index in [2.05, 4.69) is 4.98 Å². The molecule has 5 nitrogen and oxygen atoms in total. The van der Waals surface area contributed by atoms with Crippen LogP contribution in [0.3, 0.4) is 0 Å². The molecule has 3 aromatic rings. The Bertz CT molecular complexity index is 743. The summed E-state index contributed by atoms with van der Waals surface area (Å²) in [6.45, 7) is 0. The number of hydrogen-bond donors (Lipinski definition) is 1. The van der Waals surface area contributed by atoms with Gasteiger partial charge in [0.25, 0.3) is 0 Å². The first-order valence-electron chi connectivity index (χ1n) is 6.19. The van der Waals surface area contributed by atoms with Gasteiger partial charge in [-0.25, -0.2) is 4.98 Å². The molecule has 0 saturated carbocycles. The van der Waals surface area contributed by atoms with Gasteiger partial charge in [0.2, 0.25) is 0 Å². The second-order valence-electron chi connectivity index (χ2n) is 4.38. The van der Waals surface area contributed by atoms with Gasteiger partial charge < -0.3 is 15.2 Å². The molecule has 2 aromatic heterocycles. The number of rotatable bonds is 3. The number of nitrogens with zero attached hydrogens (tertiary/aromatic N) is 2. The van der Waals surface area contributed by atoms with Crippen molar-refractivity contribution in [1.82, 2.24) is 9.38 Å². The van der Waals surface area contributed by atoms with E-state index in [0.29, 0.717) is 23.0 Å². The van der Waals surface area contributed by atoms with E-state index in [1.807, 2.05) is 47.0 Å². The van der Waals surface area contributed by atoms with Crippen molar-refractivity contribution in [3.05, 3.63) is 42.6 Å². The maximum Gasteiger partial charge on any atom is 0.139 e. The number of benzene rings is 1. The van der Waals surface area contributed by atoms with Crippen LogP contribution in [0.4, 0.5) is 5.82 Å². The van der Waals surface area contributed by atoms with Gasteiger partial charge in [0.05, 0.1) is 14.2 Å². The highest BCUT2D eigenvalue weighted by molar-refractivity contribution is 5.76. The summed E-state index contributed by atoms with van der Waals surface area (Å²) in [6, 6.07) is 11.4. The minimum atomic E-state index is 0.593. The molecule has 5 heteroatoms. The van der Waals surface area contributed by atoms with Crippen LogP contribution in [0.15, 0.2) is 42.6 Å². The topological polar surface area (TPSA) is 61.8 Å². The second kappa shape index (κ2) is 4.77. The standard InChI is InChI=1S/C15H15N3O2/c1-19-11-7-10(8-12(9-11)20-2)14-15(16)18-6-4-3-5-13(18)17-14/h3-9H,16H2,1-2H3. The summed E-state index contributed by atoms with van der Waals surface area (Å²) >= 11 is 0. The second-order valence-corrected chi connectivity index (χ2v) is 4.38. The van der Waals surface area contributed by atoms with Crippen molar-refractivity contribution < 1.29 is 9.47 Å². The molecule has 1 aromatic carbocycles. The van der Waals surface area contributed by atoms with Gasteiger partial charge in [0.15, 0.2) is 0 Å². The van der Waals surface area contributed by atoms with E-state index in [-0.39, 0.29) is 0 Å². The molecule has 0 spiro atoms. The van der Waals surface area contributed by atoms with Crippen LogP contribution in [0.25, 0.3) is 16.9 Å². The van der Waals surface area contributed by atoms with E-state index in [4.69, 9.17) is 15.2 Å². The summed E-state index contributed by atoms with van der Waals surface area (Å²) in [7, 11) is 3.23. The van der Waals surface area contributed by atoms with Gasteiger partial charge in [-0.05, 0) is 24.3 Å². The normalized spacial score (nSPS) is 10.7. The highest BCUT2D eigenvalue weighted by atomic mass is 16.5. The third kappa shape index (κ3) is 1.93. The maximum atomic E-state index is 6.17. The average Bonchev–Trinajstić information content (AvgIpc) is 2.84. The average molecular weight is 269 g/mol. The van der Waals surface area contributed by atoms with Gasteiger partial charge in [-0.3, -0.25) is 4.40 Å². The lowest BCUT2D eigenvalue weighted by Gasteiger charge is -2.07. The Kier molecular flexibility index (Phi) is 2.95. The lowest BCUT2D eigenvalue weighted by Crippen LogP contribution is -1.94. The maximum absolute atomic E-state index is 6.17. The van der Waals surface area contributed by atoms with Crippen molar-refractivity contribution in [3.63, 3.8) is 0 Å². The Hall–Kier alpha value is -2.69. The molecule has 0 aliphatic rings. The number of anilines is 1. The summed E-state index contributed by atoms with van der Waals surface area (Å²) in [4.78, 5) is 4.56. The molecule has 0 fully saturated rings. The van der Waals surface area contributed by atoms with Crippen LogP contribution in [0, 0.1) is 0 Å². The van der Waals surface area contributed by atoms with Crippen molar-refractivity contribution in [2.24, 2.45) is 0 Å². The largest absolute Gasteiger partial charge is 0.497 e. The predicted octanol–water partition coefficient (Wildman–Crippen LogP) is 2.60. The fraction of sp³-hybridized carbons (Fsp3) is 0.133. The van der Waals surface area contributed by atoms with Crippen LogP contribution in [0.1, 0.15) is 0 Å². The molecular weight excluding hydrogens is 254 g/mol. The molecule has 0 saturated heterocycles. The van der Waals surface area contributed by atoms with Crippen LogP contribution in [0.2, 0.25) is 0 Å². The van der Waals surface area contributed by atoms with Crippen LogP contribution in [-0.2, 0) is 0 Å². The highest BCUT2D eigenvalue weighted by Crippen LogP contribution is 2.32. The monoisotopic (exact) mass is 269 g/mol. The number of aromatic nitrogens is 2. The molecule has 0 radical (unpaired) electrons. The van der Waals surface area contributed by atoms with E-state index in [1.54, 1.807) is 14.2 Å². The number of imidazole rings is 1. The van der Waals surface area contributed by atoms with E-state index in [9.17, 15) is 0 Å². The lowest BCUT2D eigenvalue weighted by molar-refractivity contribution is 0.394. The zero-order chi connectivity index (χ0) is 14.1. The van der Waals surface area contributed by atoms with Gasteiger partial charge in [-0.1, -0.05) is 6.07 Å². The van der Waals surface area contributed by atoms with E-state index in [1.165, 1.54) is 0 Å². The number of hydrogen-bond acceptors (Lipinski definition) is 4. The first-order valence-corrected chi connectivity index (χ1v) is 6.19. The Morgan fingerprint density at radius 1 is 1.05 bits per heavy atom. The van der Waals surface area contributed by atoms with Crippen molar-refractivity contribution >= 4 is 11.5 Å². The molecule has 0 aliphatic carbocycles. The molecule has 3 rings (SSSR count). The predicted molar refractivity (Wildman–Crippen MR) is 78.1 cm³/mol. The van der Waals surface area contributed by atoms with E-state index < -0.39 is 0 Å². The number of methoxy groups -OCH3 is 2. The molecule has 20 heavy (non-hydrogen) atoms. The third-order valence-electron chi connectivity index (χ3n) is 3.19. The molecule has 2 heterocycles. The Balaban J connectivity index is 2.22. The van der Waals surface area contributed by atoms with Gasteiger partial charge in [0, 0.05) is 17.8 Å². The lowest BCUT2D eigenvalue weighted by atomic mass is 10.1. The van der Waals surface area contributed by atoms with Crippen LogP contribution in [-0.4, -0.2) is 23.6 Å². The molecule has 0 aliphatic heterocycles. The van der Waals surface area contributed by atoms with Gasteiger partial charge in [-0.15, -0.1) is 0 Å². The molecule has 102 valence electrons. The summed E-state index contributed by atoms with van der Waals surface area (Å²) in [6.07, 6.45) is 1.89. The van der Waals surface area contributed by atoms with Gasteiger partial charge >= 0.3 is 0 Å². The fourth-order valence-corrected chi connectivity index (χ4v) is 2.17. The third-order valence-corrected chi connectivity index (χ3v) is 3.19. The molecule has 0 amide bonds. The zero-order valence-corrected chi connectivity index (χ0v) is 11.3. The molecular formula is C15H15N3O2. The van der Waals surface area contributed by atoms with Crippen LogP contribution in [0.5, 0.6) is 11.5 Å². The number of fused-ring (bicyclic) bond motifs is 1. The smallest absolute Gasteiger partial charge is 0.139 e. The number of nitrogen functional groups attached to an aromatic ring is 1. The number of nitrogens with two attached hydrogens (primary N) is 1. The summed E-state index contributed by atoms with van der Waals surface area (Å²) in [5.74, 6) is 2.00. The molecule has 0 bridgehead atoms. The van der Waals surface area contributed by atoms with Gasteiger partial charge in [-0.2, -0.15) is 0 Å². The molecule has 2 N–H and O–H groups in total. The van der Waals surface area contributed by atoms with Crippen molar-refractivity contribution in [1.29, 1.82) is 0 Å². The van der Waals surface area contributed by atoms with Crippen LogP contribution >= 0.6 is 0 Å². The zero-order valence-electron chi connectivity index (χ0n) is 11.3. The summed E-state index contributed by atoms with van der Waals surface area (Å²) in [5.41, 5.74) is 8.56. The van der Waals surface area contributed by atoms with Crippen molar-refractivity contribution in [3.8, 4) is 22.8 Å². The minimum absolute atomic E-state index is 0.593. The molecule has 0 unspecified atom stereocenters. The quantitative estimate of drug-likeness (QED) is 0.794. The van der Waals surface area contributed by atoms with Gasteiger partial charge in [0.1, 0.15) is 28.7 Å². The van der Waals surface area contributed by atoms with E-state index >= 15 is 0 Å². The Morgan fingerprint density at radius 3 is 2.35 bits per heavy atom. The minimum Gasteiger partial charge on any atom is -0.497 e. The first-order chi connectivity index (χ1) is 9.72. The van der Waals surface area contributed by atoms with Crippen molar-refractivity contribution in [2.75, 3.05) is 20.0 Å². The number of ether oxygens (including phenoxy) is 2. The summed E-state index contributed by atoms with van der Waals surface area (Å²) < 4.78 is 12.4. The highest BCUT2D eigenvalue weighted by Gasteiger charge is 2.13. The van der Waals surface area contributed by atoms with E-state index in [0.717, 1.165) is 11.2 Å². The number of pyridine rings is 1. The molecule has 0 atom stereocenters. The SMILES string of the molecule is COc1cc(OC)cc(-c2nc3ccccn3c2N)c1. The first kappa shape index (κ1) is 12.3. The summed E-state index contributed by atoms with van der Waals surface area (Å²) in [5, 5.41) is 0. The Labute approximate surface area is 116 Å². The fourth-order valence-electron chi connectivity index (χ4n) is 2.17. The Morgan fingerprint density at radius 2 is 1.75 bits per heavy atom. The van der Waals surface area contributed by atoms with Crippen LogP contribution < -0.4 is 15.2 Å².